The average Bonchev–Trinajstić information content (AvgIpc) is 2.78. The maximum atomic E-state index is 12.7. The van der Waals surface area contributed by atoms with Gasteiger partial charge in [-0.2, -0.15) is 4.31 Å². The third-order valence-corrected chi connectivity index (χ3v) is 7.01. The molecule has 1 fully saturated rings. The van der Waals surface area contributed by atoms with Crippen LogP contribution in [0.1, 0.15) is 12.5 Å². The number of sulfonamides is 1. The second-order valence-electron chi connectivity index (χ2n) is 7.20. The van der Waals surface area contributed by atoms with Gasteiger partial charge < -0.3 is 10.1 Å². The molecule has 0 radical (unpaired) electrons. The number of nitrogens with one attached hydrogen (secondary N) is 1. The summed E-state index contributed by atoms with van der Waals surface area (Å²) in [6, 6.07) is 13.9. The number of halogens is 1. The van der Waals surface area contributed by atoms with Crippen molar-refractivity contribution in [3.63, 3.8) is 0 Å². The molecular weight excluding hydrogens is 438 g/mol. The fraction of sp³-hybridized carbons (Fsp3) is 0.318. The first-order chi connectivity index (χ1) is 14.8. The average molecular weight is 464 g/mol. The lowest BCUT2D eigenvalue weighted by Crippen LogP contribution is -2.53. The van der Waals surface area contributed by atoms with Crippen LogP contribution in [-0.2, 0) is 14.8 Å². The van der Waals surface area contributed by atoms with E-state index < -0.39 is 16.1 Å². The summed E-state index contributed by atoms with van der Waals surface area (Å²) in [5.74, 6) is 0.312. The molecule has 1 unspecified atom stereocenters. The Kier molecular flexibility index (Phi) is 7.72. The van der Waals surface area contributed by atoms with Crippen LogP contribution in [0.5, 0.6) is 5.75 Å². The monoisotopic (exact) mass is 463 g/mol. The van der Waals surface area contributed by atoms with Gasteiger partial charge in [0.2, 0.25) is 15.9 Å². The highest BCUT2D eigenvalue weighted by Crippen LogP contribution is 2.28. The number of benzene rings is 2. The molecule has 1 aliphatic rings. The van der Waals surface area contributed by atoms with E-state index in [1.54, 1.807) is 31.2 Å². The van der Waals surface area contributed by atoms with Gasteiger partial charge in [0.15, 0.2) is 0 Å². The SMILES string of the molecule is COc1ccc(Cl)cc1NC(=O)C(C)N1CCN(S(=O)(=O)/C=C/c2ccccc2)CC1. The minimum absolute atomic E-state index is 0.208. The van der Waals surface area contributed by atoms with E-state index >= 15 is 0 Å². The number of hydrogen-bond acceptors (Lipinski definition) is 5. The van der Waals surface area contributed by atoms with Crippen LogP contribution < -0.4 is 10.1 Å². The number of nitrogens with zero attached hydrogens (tertiary/aromatic N) is 2. The van der Waals surface area contributed by atoms with Crippen molar-refractivity contribution < 1.29 is 17.9 Å². The third-order valence-electron chi connectivity index (χ3n) is 5.21. The highest BCUT2D eigenvalue weighted by atomic mass is 35.5. The molecule has 0 saturated carbocycles. The van der Waals surface area contributed by atoms with Crippen LogP contribution in [0, 0.1) is 0 Å². The van der Waals surface area contributed by atoms with E-state index in [2.05, 4.69) is 5.32 Å². The maximum absolute atomic E-state index is 12.7. The number of ether oxygens (including phenoxy) is 1. The molecule has 7 nitrogen and oxygen atoms in total. The molecule has 1 atom stereocenters. The molecule has 0 bridgehead atoms. The lowest BCUT2D eigenvalue weighted by atomic mass is 10.2. The zero-order valence-electron chi connectivity index (χ0n) is 17.5. The molecule has 31 heavy (non-hydrogen) atoms. The van der Waals surface area contributed by atoms with Gasteiger partial charge in [-0.05, 0) is 36.8 Å². The molecule has 1 N–H and O–H groups in total. The molecule has 2 aromatic carbocycles. The predicted octanol–water partition coefficient (Wildman–Crippen LogP) is 3.29. The number of amides is 1. The summed E-state index contributed by atoms with van der Waals surface area (Å²) in [7, 11) is -2.00. The number of carbonyl (C=O) groups is 1. The van der Waals surface area contributed by atoms with Crippen LogP contribution in [0.25, 0.3) is 6.08 Å². The van der Waals surface area contributed by atoms with Gasteiger partial charge in [-0.1, -0.05) is 41.9 Å². The Labute approximate surface area is 188 Å². The Hall–Kier alpha value is -2.39. The molecule has 3 rings (SSSR count). The first-order valence-electron chi connectivity index (χ1n) is 9.92. The van der Waals surface area contributed by atoms with Crippen LogP contribution in [0.4, 0.5) is 5.69 Å². The van der Waals surface area contributed by atoms with E-state index in [4.69, 9.17) is 16.3 Å². The second kappa shape index (κ2) is 10.3. The van der Waals surface area contributed by atoms with Crippen LogP contribution in [0.15, 0.2) is 53.9 Å². The fourth-order valence-corrected chi connectivity index (χ4v) is 4.69. The first kappa shape index (κ1) is 23.3. The van der Waals surface area contributed by atoms with Crippen LogP contribution in [0.2, 0.25) is 5.02 Å². The molecule has 9 heteroatoms. The van der Waals surface area contributed by atoms with E-state index in [1.165, 1.54) is 16.8 Å². The fourth-order valence-electron chi connectivity index (χ4n) is 3.34. The molecule has 1 heterocycles. The number of rotatable bonds is 7. The molecule has 0 aliphatic carbocycles. The predicted molar refractivity (Wildman–Crippen MR) is 124 cm³/mol. The quantitative estimate of drug-likeness (QED) is 0.681. The number of hydrogen-bond donors (Lipinski definition) is 1. The summed E-state index contributed by atoms with van der Waals surface area (Å²) in [6.45, 7) is 3.35. The van der Waals surface area contributed by atoms with Crippen molar-refractivity contribution in [1.82, 2.24) is 9.21 Å². The third kappa shape index (κ3) is 6.07. The normalized spacial score (nSPS) is 16.9. The Morgan fingerprint density at radius 3 is 2.45 bits per heavy atom. The van der Waals surface area contributed by atoms with E-state index in [0.717, 1.165) is 5.56 Å². The van der Waals surface area contributed by atoms with Crippen molar-refractivity contribution in [2.75, 3.05) is 38.6 Å². The van der Waals surface area contributed by atoms with E-state index in [9.17, 15) is 13.2 Å². The number of piperazine rings is 1. The number of methoxy groups -OCH3 is 1. The Morgan fingerprint density at radius 1 is 1.13 bits per heavy atom. The molecule has 1 amide bonds. The van der Waals surface area contributed by atoms with Crippen molar-refractivity contribution in [3.8, 4) is 5.75 Å². The maximum Gasteiger partial charge on any atom is 0.241 e. The van der Waals surface area contributed by atoms with Crippen LogP contribution in [0.3, 0.4) is 0 Å². The zero-order valence-corrected chi connectivity index (χ0v) is 19.1. The van der Waals surface area contributed by atoms with Gasteiger partial charge in [-0.3, -0.25) is 9.69 Å². The Bertz CT molecular complexity index is 1040. The van der Waals surface area contributed by atoms with Crippen molar-refractivity contribution in [2.45, 2.75) is 13.0 Å². The summed E-state index contributed by atoms with van der Waals surface area (Å²) in [5.41, 5.74) is 1.32. The van der Waals surface area contributed by atoms with E-state index in [0.29, 0.717) is 42.6 Å². The lowest BCUT2D eigenvalue weighted by Gasteiger charge is -2.36. The summed E-state index contributed by atoms with van der Waals surface area (Å²) < 4.78 is 32.0. The zero-order chi connectivity index (χ0) is 22.4. The van der Waals surface area contributed by atoms with Gasteiger partial charge in [0.25, 0.3) is 0 Å². The van der Waals surface area contributed by atoms with Crippen molar-refractivity contribution in [2.24, 2.45) is 0 Å². The number of anilines is 1. The van der Waals surface area contributed by atoms with E-state index in [1.807, 2.05) is 35.2 Å². The summed E-state index contributed by atoms with van der Waals surface area (Å²) in [6.07, 6.45) is 1.59. The van der Waals surface area contributed by atoms with Gasteiger partial charge in [-0.25, -0.2) is 8.42 Å². The van der Waals surface area contributed by atoms with Gasteiger partial charge in [0.1, 0.15) is 5.75 Å². The van der Waals surface area contributed by atoms with Crippen molar-refractivity contribution in [1.29, 1.82) is 0 Å². The van der Waals surface area contributed by atoms with Crippen molar-refractivity contribution in [3.05, 3.63) is 64.5 Å². The van der Waals surface area contributed by atoms with Crippen LogP contribution in [-0.4, -0.2) is 62.9 Å². The van der Waals surface area contributed by atoms with Gasteiger partial charge >= 0.3 is 0 Å². The standard InChI is InChI=1S/C22H26ClN3O4S/c1-17(22(27)24-20-16-19(23)8-9-21(20)30-2)25-11-13-26(14-12-25)31(28,29)15-10-18-6-4-3-5-7-18/h3-10,15-17H,11-14H2,1-2H3,(H,24,27)/b15-10+. The highest BCUT2D eigenvalue weighted by molar-refractivity contribution is 7.92. The largest absolute Gasteiger partial charge is 0.495 e. The molecule has 1 saturated heterocycles. The van der Waals surface area contributed by atoms with Crippen LogP contribution >= 0.6 is 11.6 Å². The Balaban J connectivity index is 1.58. The van der Waals surface area contributed by atoms with Gasteiger partial charge in [0.05, 0.1) is 18.8 Å². The smallest absolute Gasteiger partial charge is 0.241 e. The molecule has 2 aromatic rings. The minimum atomic E-state index is -3.52. The molecular formula is C22H26ClN3O4S. The summed E-state index contributed by atoms with van der Waals surface area (Å²) >= 11 is 6.02. The number of carbonyl (C=O) groups excluding carboxylic acids is 1. The molecule has 0 aromatic heterocycles. The topological polar surface area (TPSA) is 79.0 Å². The van der Waals surface area contributed by atoms with E-state index in [-0.39, 0.29) is 5.91 Å². The van der Waals surface area contributed by atoms with Crippen molar-refractivity contribution >= 4 is 39.3 Å². The summed E-state index contributed by atoms with van der Waals surface area (Å²) in [4.78, 5) is 14.7. The molecule has 0 spiro atoms. The lowest BCUT2D eigenvalue weighted by molar-refractivity contribution is -0.121. The first-order valence-corrected chi connectivity index (χ1v) is 11.8. The molecule has 166 valence electrons. The second-order valence-corrected chi connectivity index (χ2v) is 9.46. The minimum Gasteiger partial charge on any atom is -0.495 e. The molecule has 1 aliphatic heterocycles. The summed E-state index contributed by atoms with van der Waals surface area (Å²) in [5, 5.41) is 4.57. The van der Waals surface area contributed by atoms with Gasteiger partial charge in [-0.15, -0.1) is 0 Å². The highest BCUT2D eigenvalue weighted by Gasteiger charge is 2.30. The van der Waals surface area contributed by atoms with Gasteiger partial charge in [0, 0.05) is 36.6 Å². The Morgan fingerprint density at radius 2 is 1.81 bits per heavy atom.